The van der Waals surface area contributed by atoms with E-state index in [2.05, 4.69) is 0 Å². The zero-order valence-electron chi connectivity index (χ0n) is 9.39. The van der Waals surface area contributed by atoms with Crippen LogP contribution in [0, 0.1) is 5.92 Å². The summed E-state index contributed by atoms with van der Waals surface area (Å²) in [6.07, 6.45) is 4.53. The lowest BCUT2D eigenvalue weighted by atomic mass is 10.0. The van der Waals surface area contributed by atoms with Gasteiger partial charge in [-0.1, -0.05) is 12.8 Å². The number of carboxylic acids is 1. The first kappa shape index (κ1) is 11.2. The van der Waals surface area contributed by atoms with Crippen LogP contribution in [0.15, 0.2) is 0 Å². The van der Waals surface area contributed by atoms with Crippen LogP contribution in [-0.2, 0) is 4.79 Å². The van der Waals surface area contributed by atoms with Gasteiger partial charge < -0.3 is 14.9 Å². The summed E-state index contributed by atoms with van der Waals surface area (Å²) in [6, 6.07) is 0.0272. The summed E-state index contributed by atoms with van der Waals surface area (Å²) in [6.45, 7) is 2.41. The minimum absolute atomic E-state index is 0.0272. The molecular weight excluding hydrogens is 208 g/mol. The molecule has 0 bridgehead atoms. The number of hydrogen-bond acceptors (Lipinski definition) is 2. The van der Waals surface area contributed by atoms with Crippen LogP contribution in [0.4, 0.5) is 4.79 Å². The first-order chi connectivity index (χ1) is 7.68. The molecule has 5 nitrogen and oxygen atoms in total. The van der Waals surface area contributed by atoms with E-state index in [1.54, 1.807) is 4.90 Å². The van der Waals surface area contributed by atoms with Gasteiger partial charge in [-0.2, -0.15) is 0 Å². The van der Waals surface area contributed by atoms with Crippen molar-refractivity contribution in [2.75, 3.05) is 26.2 Å². The first-order valence-corrected chi connectivity index (χ1v) is 5.95. The van der Waals surface area contributed by atoms with E-state index < -0.39 is 5.97 Å². The van der Waals surface area contributed by atoms with Crippen molar-refractivity contribution in [2.24, 2.45) is 5.92 Å². The van der Waals surface area contributed by atoms with Crippen LogP contribution in [-0.4, -0.2) is 53.1 Å². The van der Waals surface area contributed by atoms with E-state index in [4.69, 9.17) is 5.11 Å². The number of urea groups is 1. The van der Waals surface area contributed by atoms with E-state index in [9.17, 15) is 9.59 Å². The number of amides is 2. The number of rotatable bonds is 1. The van der Waals surface area contributed by atoms with Crippen molar-refractivity contribution < 1.29 is 14.7 Å². The number of carbonyl (C=O) groups is 2. The Morgan fingerprint density at radius 3 is 2.00 bits per heavy atom. The Balaban J connectivity index is 1.81. The molecule has 2 saturated heterocycles. The third-order valence-corrected chi connectivity index (χ3v) is 3.38. The molecule has 5 heteroatoms. The van der Waals surface area contributed by atoms with Gasteiger partial charge in [-0.3, -0.25) is 4.79 Å². The molecule has 90 valence electrons. The Bertz CT molecular complexity index is 279. The number of hydrogen-bond donors (Lipinski definition) is 1. The van der Waals surface area contributed by atoms with Gasteiger partial charge in [0.1, 0.15) is 0 Å². The summed E-state index contributed by atoms with van der Waals surface area (Å²) in [7, 11) is 0. The van der Waals surface area contributed by atoms with Gasteiger partial charge in [-0.05, 0) is 12.8 Å². The van der Waals surface area contributed by atoms with Crippen LogP contribution in [0.2, 0.25) is 0 Å². The molecule has 0 spiro atoms. The second kappa shape index (κ2) is 4.72. The molecule has 2 aliphatic heterocycles. The molecule has 16 heavy (non-hydrogen) atoms. The molecule has 2 aliphatic rings. The van der Waals surface area contributed by atoms with Crippen molar-refractivity contribution in [3.8, 4) is 0 Å². The molecule has 0 atom stereocenters. The molecule has 0 aromatic carbocycles. The standard InChI is InChI=1S/C11H18N2O3/c14-10(15)9-7-13(8-9)11(16)12-5-3-1-2-4-6-12/h9H,1-8H2,(H,14,15). The van der Waals surface area contributed by atoms with E-state index in [1.807, 2.05) is 4.90 Å². The van der Waals surface area contributed by atoms with Gasteiger partial charge in [0.2, 0.25) is 0 Å². The Morgan fingerprint density at radius 2 is 1.50 bits per heavy atom. The highest BCUT2D eigenvalue weighted by Crippen LogP contribution is 2.19. The van der Waals surface area contributed by atoms with Crippen molar-refractivity contribution in [3.63, 3.8) is 0 Å². The van der Waals surface area contributed by atoms with E-state index in [-0.39, 0.29) is 11.9 Å². The van der Waals surface area contributed by atoms with E-state index in [1.165, 1.54) is 12.8 Å². The summed E-state index contributed by atoms with van der Waals surface area (Å²) in [4.78, 5) is 26.1. The number of likely N-dealkylation sites (tertiary alicyclic amines) is 2. The number of carboxylic acid groups (broad SMARTS) is 1. The summed E-state index contributed by atoms with van der Waals surface area (Å²) in [5.74, 6) is -1.14. The fourth-order valence-electron chi connectivity index (χ4n) is 2.25. The van der Waals surface area contributed by atoms with Crippen LogP contribution in [0.1, 0.15) is 25.7 Å². The Hall–Kier alpha value is -1.26. The molecule has 2 fully saturated rings. The fraction of sp³-hybridized carbons (Fsp3) is 0.818. The zero-order valence-corrected chi connectivity index (χ0v) is 9.39. The molecular formula is C11H18N2O3. The van der Waals surface area contributed by atoms with Crippen molar-refractivity contribution in [1.82, 2.24) is 9.80 Å². The summed E-state index contributed by atoms with van der Waals surface area (Å²) in [5.41, 5.74) is 0. The first-order valence-electron chi connectivity index (χ1n) is 5.95. The van der Waals surface area contributed by atoms with Gasteiger partial charge in [0.05, 0.1) is 5.92 Å². The Labute approximate surface area is 95.0 Å². The van der Waals surface area contributed by atoms with E-state index >= 15 is 0 Å². The minimum atomic E-state index is -0.792. The monoisotopic (exact) mass is 226 g/mol. The molecule has 0 radical (unpaired) electrons. The maximum atomic E-state index is 12.0. The summed E-state index contributed by atoms with van der Waals surface area (Å²) < 4.78 is 0. The average Bonchev–Trinajstić information content (AvgIpc) is 2.42. The lowest BCUT2D eigenvalue weighted by Crippen LogP contribution is -2.57. The van der Waals surface area contributed by atoms with Crippen LogP contribution >= 0.6 is 0 Å². The molecule has 0 aliphatic carbocycles. The molecule has 1 N–H and O–H groups in total. The molecule has 0 unspecified atom stereocenters. The second-order valence-corrected chi connectivity index (χ2v) is 4.62. The van der Waals surface area contributed by atoms with Gasteiger partial charge in [0, 0.05) is 26.2 Å². The molecule has 0 aromatic rings. The van der Waals surface area contributed by atoms with Gasteiger partial charge in [-0.25, -0.2) is 4.79 Å². The average molecular weight is 226 g/mol. The van der Waals surface area contributed by atoms with Crippen molar-refractivity contribution in [2.45, 2.75) is 25.7 Å². The molecule has 0 aromatic heterocycles. The minimum Gasteiger partial charge on any atom is -0.481 e. The van der Waals surface area contributed by atoms with Gasteiger partial charge in [-0.15, -0.1) is 0 Å². The highest BCUT2D eigenvalue weighted by atomic mass is 16.4. The zero-order chi connectivity index (χ0) is 11.5. The molecule has 2 amide bonds. The summed E-state index contributed by atoms with van der Waals surface area (Å²) in [5, 5.41) is 8.74. The third-order valence-electron chi connectivity index (χ3n) is 3.38. The highest BCUT2D eigenvalue weighted by Gasteiger charge is 2.37. The smallest absolute Gasteiger partial charge is 0.320 e. The van der Waals surface area contributed by atoms with E-state index in [0.717, 1.165) is 25.9 Å². The molecule has 0 saturated carbocycles. The highest BCUT2D eigenvalue weighted by molar-refractivity contribution is 5.79. The second-order valence-electron chi connectivity index (χ2n) is 4.62. The number of nitrogens with zero attached hydrogens (tertiary/aromatic N) is 2. The molecule has 2 rings (SSSR count). The van der Waals surface area contributed by atoms with Gasteiger partial charge in [0.25, 0.3) is 0 Å². The van der Waals surface area contributed by atoms with Crippen molar-refractivity contribution in [3.05, 3.63) is 0 Å². The quantitative estimate of drug-likeness (QED) is 0.725. The third kappa shape index (κ3) is 2.28. The van der Waals surface area contributed by atoms with Crippen LogP contribution in [0.25, 0.3) is 0 Å². The van der Waals surface area contributed by atoms with Gasteiger partial charge in [0.15, 0.2) is 0 Å². The van der Waals surface area contributed by atoms with Crippen LogP contribution in [0.5, 0.6) is 0 Å². The lowest BCUT2D eigenvalue weighted by Gasteiger charge is -2.39. The van der Waals surface area contributed by atoms with Crippen LogP contribution < -0.4 is 0 Å². The molecule has 2 heterocycles. The van der Waals surface area contributed by atoms with E-state index in [0.29, 0.717) is 13.1 Å². The lowest BCUT2D eigenvalue weighted by molar-refractivity contribution is -0.146. The number of carbonyl (C=O) groups excluding carboxylic acids is 1. The van der Waals surface area contributed by atoms with Crippen molar-refractivity contribution in [1.29, 1.82) is 0 Å². The van der Waals surface area contributed by atoms with Crippen LogP contribution in [0.3, 0.4) is 0 Å². The topological polar surface area (TPSA) is 60.9 Å². The van der Waals surface area contributed by atoms with Gasteiger partial charge >= 0.3 is 12.0 Å². The predicted octanol–water partition coefficient (Wildman–Crippen LogP) is 0.999. The maximum absolute atomic E-state index is 12.0. The predicted molar refractivity (Wildman–Crippen MR) is 58.1 cm³/mol. The normalized spacial score (nSPS) is 22.5. The largest absolute Gasteiger partial charge is 0.481 e. The van der Waals surface area contributed by atoms with Crippen molar-refractivity contribution >= 4 is 12.0 Å². The SMILES string of the molecule is O=C(O)C1CN(C(=O)N2CCCCCC2)C1. The fourth-order valence-corrected chi connectivity index (χ4v) is 2.25. The Kier molecular flexibility index (Phi) is 3.31. The Morgan fingerprint density at radius 1 is 0.938 bits per heavy atom. The number of aliphatic carboxylic acids is 1. The maximum Gasteiger partial charge on any atom is 0.320 e. The summed E-state index contributed by atoms with van der Waals surface area (Å²) >= 11 is 0.